The topological polar surface area (TPSA) is 81.9 Å². The second kappa shape index (κ2) is 7.72. The average Bonchev–Trinajstić information content (AvgIpc) is 2.52. The second-order valence-corrected chi connectivity index (χ2v) is 7.25. The molecular weight excluding hydrogens is 327 g/mol. The van der Waals surface area contributed by atoms with Gasteiger partial charge in [-0.1, -0.05) is 0 Å². The molecule has 25 heavy (non-hydrogen) atoms. The van der Waals surface area contributed by atoms with Crippen LogP contribution in [-0.2, 0) is 4.74 Å². The summed E-state index contributed by atoms with van der Waals surface area (Å²) < 4.78 is 24.3. The summed E-state index contributed by atoms with van der Waals surface area (Å²) in [5.41, 5.74) is 4.73. The largest absolute Gasteiger partial charge is 0.492 e. The highest BCUT2D eigenvalue weighted by atomic mass is 19.1. The minimum atomic E-state index is -0.742. The third-order valence-corrected chi connectivity index (χ3v) is 3.85. The smallest absolute Gasteiger partial charge is 0.410 e. The number of primary amides is 1. The summed E-state index contributed by atoms with van der Waals surface area (Å²) in [6, 6.07) is 3.67. The van der Waals surface area contributed by atoms with E-state index in [9.17, 15) is 14.0 Å². The summed E-state index contributed by atoms with van der Waals surface area (Å²) in [6.07, 6.45) is 1.41. The Morgan fingerprint density at radius 3 is 2.72 bits per heavy atom. The molecule has 0 unspecified atom stereocenters. The number of halogens is 1. The minimum Gasteiger partial charge on any atom is -0.492 e. The van der Waals surface area contributed by atoms with Gasteiger partial charge in [0, 0.05) is 19.0 Å². The van der Waals surface area contributed by atoms with Crippen molar-refractivity contribution in [3.05, 3.63) is 29.6 Å². The molecule has 1 heterocycles. The Morgan fingerprint density at radius 2 is 2.08 bits per heavy atom. The molecule has 0 aliphatic carbocycles. The summed E-state index contributed by atoms with van der Waals surface area (Å²) in [5.74, 6) is -0.932. The fourth-order valence-corrected chi connectivity index (χ4v) is 2.72. The first-order valence-electron chi connectivity index (χ1n) is 8.36. The number of amides is 2. The summed E-state index contributed by atoms with van der Waals surface area (Å²) >= 11 is 0. The molecule has 0 aromatic heterocycles. The highest BCUT2D eigenvalue weighted by Crippen LogP contribution is 2.23. The van der Waals surface area contributed by atoms with Crippen LogP contribution in [0.2, 0.25) is 0 Å². The Kier molecular flexibility index (Phi) is 5.87. The molecule has 7 heteroatoms. The van der Waals surface area contributed by atoms with Crippen molar-refractivity contribution in [1.29, 1.82) is 0 Å². The number of piperidine rings is 1. The molecule has 2 N–H and O–H groups in total. The Hall–Kier alpha value is -2.31. The van der Waals surface area contributed by atoms with Crippen molar-refractivity contribution >= 4 is 12.0 Å². The van der Waals surface area contributed by atoms with E-state index in [0.717, 1.165) is 18.9 Å². The number of likely N-dealkylation sites (tertiary alicyclic amines) is 1. The molecular formula is C18H25FN2O4. The molecule has 1 aromatic rings. The van der Waals surface area contributed by atoms with Gasteiger partial charge in [-0.15, -0.1) is 0 Å². The molecule has 2 amide bonds. The van der Waals surface area contributed by atoms with Gasteiger partial charge in [0.05, 0.1) is 12.2 Å². The number of carbonyl (C=O) groups excluding carboxylic acids is 2. The zero-order valence-corrected chi connectivity index (χ0v) is 14.9. The van der Waals surface area contributed by atoms with E-state index in [1.165, 1.54) is 12.1 Å². The van der Waals surface area contributed by atoms with Gasteiger partial charge in [0.2, 0.25) is 0 Å². The molecule has 1 aliphatic heterocycles. The first kappa shape index (κ1) is 19.0. The van der Waals surface area contributed by atoms with E-state index in [-0.39, 0.29) is 23.3 Å². The SMILES string of the molecule is CC(C)(C)OC(=O)N1CCC[C@H](COc2ccc(F)cc2C(N)=O)C1. The van der Waals surface area contributed by atoms with Crippen LogP contribution in [-0.4, -0.2) is 42.2 Å². The quantitative estimate of drug-likeness (QED) is 0.903. The van der Waals surface area contributed by atoms with Crippen molar-refractivity contribution in [2.75, 3.05) is 19.7 Å². The van der Waals surface area contributed by atoms with Gasteiger partial charge >= 0.3 is 6.09 Å². The van der Waals surface area contributed by atoms with E-state index in [1.54, 1.807) is 4.90 Å². The van der Waals surface area contributed by atoms with E-state index >= 15 is 0 Å². The lowest BCUT2D eigenvalue weighted by atomic mass is 9.99. The number of rotatable bonds is 4. The van der Waals surface area contributed by atoms with Gasteiger partial charge in [-0.25, -0.2) is 9.18 Å². The number of nitrogens with two attached hydrogens (primary N) is 1. The second-order valence-electron chi connectivity index (χ2n) is 7.25. The molecule has 0 spiro atoms. The third-order valence-electron chi connectivity index (χ3n) is 3.85. The average molecular weight is 352 g/mol. The predicted octanol–water partition coefficient (Wildman–Crippen LogP) is 2.95. The van der Waals surface area contributed by atoms with Crippen molar-refractivity contribution in [3.8, 4) is 5.75 Å². The van der Waals surface area contributed by atoms with Crippen LogP contribution < -0.4 is 10.5 Å². The fourth-order valence-electron chi connectivity index (χ4n) is 2.72. The minimum absolute atomic E-state index is 0.0137. The van der Waals surface area contributed by atoms with Crippen molar-refractivity contribution in [2.24, 2.45) is 11.7 Å². The van der Waals surface area contributed by atoms with Gasteiger partial charge in [-0.05, 0) is 51.8 Å². The lowest BCUT2D eigenvalue weighted by Crippen LogP contribution is -2.44. The molecule has 1 fully saturated rings. The van der Waals surface area contributed by atoms with Crippen LogP contribution in [0.4, 0.5) is 9.18 Å². The maximum absolute atomic E-state index is 13.3. The van der Waals surface area contributed by atoms with Gasteiger partial charge in [-0.2, -0.15) is 0 Å². The molecule has 0 bridgehead atoms. The van der Waals surface area contributed by atoms with E-state index < -0.39 is 17.3 Å². The number of benzene rings is 1. The Morgan fingerprint density at radius 1 is 1.36 bits per heavy atom. The first-order valence-corrected chi connectivity index (χ1v) is 8.36. The van der Waals surface area contributed by atoms with Crippen molar-refractivity contribution < 1.29 is 23.5 Å². The van der Waals surface area contributed by atoms with Gasteiger partial charge in [0.15, 0.2) is 0 Å². The van der Waals surface area contributed by atoms with Gasteiger partial charge in [0.1, 0.15) is 17.2 Å². The molecule has 1 atom stereocenters. The van der Waals surface area contributed by atoms with E-state index in [2.05, 4.69) is 0 Å². The maximum atomic E-state index is 13.3. The number of carbonyl (C=O) groups is 2. The van der Waals surface area contributed by atoms with Crippen LogP contribution >= 0.6 is 0 Å². The van der Waals surface area contributed by atoms with Crippen LogP contribution in [0.3, 0.4) is 0 Å². The molecule has 2 rings (SSSR count). The van der Waals surface area contributed by atoms with E-state index in [1.807, 2.05) is 20.8 Å². The van der Waals surface area contributed by atoms with Gasteiger partial charge < -0.3 is 20.1 Å². The van der Waals surface area contributed by atoms with Crippen molar-refractivity contribution in [2.45, 2.75) is 39.2 Å². The predicted molar refractivity (Wildman–Crippen MR) is 90.9 cm³/mol. The van der Waals surface area contributed by atoms with E-state index in [4.69, 9.17) is 15.2 Å². The molecule has 1 saturated heterocycles. The van der Waals surface area contributed by atoms with E-state index in [0.29, 0.717) is 19.7 Å². The molecule has 6 nitrogen and oxygen atoms in total. The number of hydrogen-bond acceptors (Lipinski definition) is 4. The standard InChI is InChI=1S/C18H25FN2O4/c1-18(2,3)25-17(23)21-8-4-5-12(10-21)11-24-15-7-6-13(19)9-14(15)16(20)22/h6-7,9,12H,4-5,8,10-11H2,1-3H3,(H2,20,22)/t12-/m0/s1. The van der Waals surface area contributed by atoms with Crippen LogP contribution in [0, 0.1) is 11.7 Å². The lowest BCUT2D eigenvalue weighted by Gasteiger charge is -2.34. The molecule has 0 saturated carbocycles. The summed E-state index contributed by atoms with van der Waals surface area (Å²) in [5, 5.41) is 0. The fraction of sp³-hybridized carbons (Fsp3) is 0.556. The zero-order chi connectivity index (χ0) is 18.6. The third kappa shape index (κ3) is 5.62. The Balaban J connectivity index is 1.95. The Labute approximate surface area is 147 Å². The zero-order valence-electron chi connectivity index (χ0n) is 14.9. The molecule has 138 valence electrons. The maximum Gasteiger partial charge on any atom is 0.410 e. The molecule has 1 aromatic carbocycles. The van der Waals surface area contributed by atoms with Crippen LogP contribution in [0.5, 0.6) is 5.75 Å². The van der Waals surface area contributed by atoms with Crippen molar-refractivity contribution in [3.63, 3.8) is 0 Å². The molecule has 0 radical (unpaired) electrons. The first-order chi connectivity index (χ1) is 11.7. The van der Waals surface area contributed by atoms with Crippen LogP contribution in [0.1, 0.15) is 44.0 Å². The summed E-state index contributed by atoms with van der Waals surface area (Å²) in [4.78, 5) is 25.2. The van der Waals surface area contributed by atoms with Crippen molar-refractivity contribution in [1.82, 2.24) is 4.90 Å². The number of nitrogens with zero attached hydrogens (tertiary/aromatic N) is 1. The summed E-state index contributed by atoms with van der Waals surface area (Å²) in [7, 11) is 0. The number of hydrogen-bond donors (Lipinski definition) is 1. The van der Waals surface area contributed by atoms with Gasteiger partial charge in [0.25, 0.3) is 5.91 Å². The normalized spacial score (nSPS) is 17.9. The Bertz CT molecular complexity index is 642. The highest BCUT2D eigenvalue weighted by molar-refractivity contribution is 5.95. The van der Waals surface area contributed by atoms with Crippen LogP contribution in [0.25, 0.3) is 0 Å². The lowest BCUT2D eigenvalue weighted by molar-refractivity contribution is 0.0139. The van der Waals surface area contributed by atoms with Crippen LogP contribution in [0.15, 0.2) is 18.2 Å². The summed E-state index contributed by atoms with van der Waals surface area (Å²) in [6.45, 7) is 6.96. The number of ether oxygens (including phenoxy) is 2. The highest BCUT2D eigenvalue weighted by Gasteiger charge is 2.28. The monoisotopic (exact) mass is 352 g/mol. The van der Waals surface area contributed by atoms with Gasteiger partial charge in [-0.3, -0.25) is 4.79 Å². The molecule has 1 aliphatic rings.